The smallest absolute Gasteiger partial charge is 0.309 e. The van der Waals surface area contributed by atoms with Gasteiger partial charge in [0.15, 0.2) is 5.78 Å². The summed E-state index contributed by atoms with van der Waals surface area (Å²) in [5.74, 6) is -0.896. The minimum absolute atomic E-state index is 0.0668. The van der Waals surface area contributed by atoms with Gasteiger partial charge in [0.25, 0.3) is 0 Å². The Balaban J connectivity index is 1.72. The fourth-order valence-corrected chi connectivity index (χ4v) is 3.26. The highest BCUT2D eigenvalue weighted by molar-refractivity contribution is 5.98. The van der Waals surface area contributed by atoms with Crippen molar-refractivity contribution in [1.82, 2.24) is 0 Å². The number of esters is 1. The normalized spacial score (nSPS) is 11.6. The number of nitrogen functional groups attached to an aromatic ring is 1. The maximum atomic E-state index is 12.8. The van der Waals surface area contributed by atoms with Crippen molar-refractivity contribution < 1.29 is 14.3 Å². The van der Waals surface area contributed by atoms with Crippen LogP contribution in [0.3, 0.4) is 0 Å². The number of nitrogens with two attached hydrogens (primary N) is 1. The van der Waals surface area contributed by atoms with E-state index in [0.29, 0.717) is 24.3 Å². The number of hydrogen-bond acceptors (Lipinski definition) is 4. The zero-order chi connectivity index (χ0) is 20.6. The lowest BCUT2D eigenvalue weighted by molar-refractivity contribution is -0.147. The zero-order valence-corrected chi connectivity index (χ0v) is 16.5. The Morgan fingerprint density at radius 2 is 1.45 bits per heavy atom. The first-order chi connectivity index (χ1) is 14.1. The molecule has 3 rings (SSSR count). The number of ether oxygens (including phenoxy) is 1. The van der Waals surface area contributed by atoms with Crippen LogP contribution in [0.1, 0.15) is 29.3 Å². The molecule has 1 unspecified atom stereocenters. The molecule has 148 valence electrons. The van der Waals surface area contributed by atoms with E-state index in [-0.39, 0.29) is 18.2 Å². The van der Waals surface area contributed by atoms with Crippen LogP contribution in [-0.4, -0.2) is 18.4 Å². The predicted octanol–water partition coefficient (Wildman–Crippen LogP) is 4.93. The molecule has 0 amide bonds. The fraction of sp³-hybridized carbons (Fsp3) is 0.200. The Morgan fingerprint density at radius 1 is 0.862 bits per heavy atom. The SMILES string of the molecule is CCOC(=O)C(CC(=O)c1ccc(-c2ccc(N)cc2)cc1)Cc1ccccc1. The molecular weight excluding hydrogens is 362 g/mol. The van der Waals surface area contributed by atoms with E-state index in [9.17, 15) is 9.59 Å². The largest absolute Gasteiger partial charge is 0.466 e. The molecule has 3 aromatic carbocycles. The number of rotatable bonds is 8. The zero-order valence-electron chi connectivity index (χ0n) is 16.5. The quantitative estimate of drug-likeness (QED) is 0.338. The van der Waals surface area contributed by atoms with Crippen LogP contribution < -0.4 is 5.73 Å². The Kier molecular flexibility index (Phi) is 6.80. The molecule has 3 aromatic rings. The molecule has 2 N–H and O–H groups in total. The first-order valence-corrected chi connectivity index (χ1v) is 9.76. The van der Waals surface area contributed by atoms with Gasteiger partial charge in [-0.1, -0.05) is 66.7 Å². The van der Waals surface area contributed by atoms with Gasteiger partial charge in [0.1, 0.15) is 0 Å². The van der Waals surface area contributed by atoms with E-state index in [1.165, 1.54) is 0 Å². The summed E-state index contributed by atoms with van der Waals surface area (Å²) in [7, 11) is 0. The van der Waals surface area contributed by atoms with Crippen LogP contribution in [0.4, 0.5) is 5.69 Å². The molecular formula is C25H25NO3. The monoisotopic (exact) mass is 387 g/mol. The third kappa shape index (κ3) is 5.55. The number of carbonyl (C=O) groups excluding carboxylic acids is 2. The summed E-state index contributed by atoms with van der Waals surface area (Å²) in [6.45, 7) is 2.07. The molecule has 4 heteroatoms. The summed E-state index contributed by atoms with van der Waals surface area (Å²) in [6, 6.07) is 24.7. The second kappa shape index (κ2) is 9.69. The second-order valence-electron chi connectivity index (χ2n) is 6.97. The molecule has 0 bridgehead atoms. The van der Waals surface area contributed by atoms with Gasteiger partial charge in [0, 0.05) is 17.7 Å². The Hall–Kier alpha value is -3.40. The van der Waals surface area contributed by atoms with Crippen molar-refractivity contribution in [3.8, 4) is 11.1 Å². The van der Waals surface area contributed by atoms with Crippen molar-refractivity contribution in [3.63, 3.8) is 0 Å². The van der Waals surface area contributed by atoms with Crippen LogP contribution in [-0.2, 0) is 16.0 Å². The number of anilines is 1. The van der Waals surface area contributed by atoms with Crippen molar-refractivity contribution in [2.24, 2.45) is 5.92 Å². The maximum absolute atomic E-state index is 12.8. The van der Waals surface area contributed by atoms with Gasteiger partial charge in [-0.2, -0.15) is 0 Å². The highest BCUT2D eigenvalue weighted by atomic mass is 16.5. The van der Waals surface area contributed by atoms with E-state index in [1.807, 2.05) is 66.7 Å². The third-order valence-corrected chi connectivity index (χ3v) is 4.83. The van der Waals surface area contributed by atoms with Gasteiger partial charge in [-0.15, -0.1) is 0 Å². The number of ketones is 1. The van der Waals surface area contributed by atoms with Crippen LogP contribution in [0.2, 0.25) is 0 Å². The Bertz CT molecular complexity index is 948. The molecule has 0 aromatic heterocycles. The predicted molar refractivity (Wildman–Crippen MR) is 116 cm³/mol. The maximum Gasteiger partial charge on any atom is 0.309 e. The van der Waals surface area contributed by atoms with E-state index in [4.69, 9.17) is 10.5 Å². The number of carbonyl (C=O) groups is 2. The van der Waals surface area contributed by atoms with Crippen molar-refractivity contribution >= 4 is 17.4 Å². The number of benzene rings is 3. The van der Waals surface area contributed by atoms with Gasteiger partial charge in [0.2, 0.25) is 0 Å². The molecule has 0 aliphatic carbocycles. The molecule has 4 nitrogen and oxygen atoms in total. The van der Waals surface area contributed by atoms with Gasteiger partial charge in [-0.25, -0.2) is 0 Å². The summed E-state index contributed by atoms with van der Waals surface area (Å²) in [6.07, 6.45) is 0.601. The Morgan fingerprint density at radius 3 is 2.03 bits per heavy atom. The first-order valence-electron chi connectivity index (χ1n) is 9.76. The van der Waals surface area contributed by atoms with E-state index in [0.717, 1.165) is 16.7 Å². The van der Waals surface area contributed by atoms with Gasteiger partial charge in [-0.3, -0.25) is 9.59 Å². The molecule has 0 heterocycles. The van der Waals surface area contributed by atoms with Crippen LogP contribution in [0, 0.1) is 5.92 Å². The van der Waals surface area contributed by atoms with E-state index in [1.54, 1.807) is 19.1 Å². The minimum atomic E-state index is -0.498. The van der Waals surface area contributed by atoms with Gasteiger partial charge >= 0.3 is 5.97 Å². The molecule has 0 saturated heterocycles. The van der Waals surface area contributed by atoms with Crippen LogP contribution in [0.5, 0.6) is 0 Å². The van der Waals surface area contributed by atoms with Crippen molar-refractivity contribution in [3.05, 3.63) is 90.0 Å². The van der Waals surface area contributed by atoms with Crippen LogP contribution in [0.25, 0.3) is 11.1 Å². The van der Waals surface area contributed by atoms with E-state index < -0.39 is 5.92 Å². The minimum Gasteiger partial charge on any atom is -0.466 e. The van der Waals surface area contributed by atoms with Crippen molar-refractivity contribution in [1.29, 1.82) is 0 Å². The summed E-state index contributed by atoms with van der Waals surface area (Å²) >= 11 is 0. The highest BCUT2D eigenvalue weighted by Crippen LogP contribution is 2.23. The molecule has 0 radical (unpaired) electrons. The average molecular weight is 387 g/mol. The van der Waals surface area contributed by atoms with Gasteiger partial charge in [0.05, 0.1) is 12.5 Å². The molecule has 0 aliphatic rings. The summed E-state index contributed by atoms with van der Waals surface area (Å²) in [4.78, 5) is 25.2. The molecule has 0 fully saturated rings. The van der Waals surface area contributed by atoms with E-state index >= 15 is 0 Å². The molecule has 29 heavy (non-hydrogen) atoms. The molecule has 0 saturated carbocycles. The average Bonchev–Trinajstić information content (AvgIpc) is 2.75. The summed E-state index contributed by atoms with van der Waals surface area (Å²) < 4.78 is 5.20. The molecule has 1 atom stereocenters. The number of Topliss-reactive ketones (excluding diaryl/α,β-unsaturated/α-hetero) is 1. The lowest BCUT2D eigenvalue weighted by Gasteiger charge is -2.15. The van der Waals surface area contributed by atoms with E-state index in [2.05, 4.69) is 0 Å². The third-order valence-electron chi connectivity index (χ3n) is 4.83. The van der Waals surface area contributed by atoms with Crippen LogP contribution in [0.15, 0.2) is 78.9 Å². The van der Waals surface area contributed by atoms with Crippen LogP contribution >= 0.6 is 0 Å². The highest BCUT2D eigenvalue weighted by Gasteiger charge is 2.24. The standard InChI is InChI=1S/C25H25NO3/c1-2-29-25(28)22(16-18-6-4-3-5-7-18)17-24(27)21-10-8-19(9-11-21)20-12-14-23(26)15-13-20/h3-15,22H,2,16-17,26H2,1H3. The second-order valence-corrected chi connectivity index (χ2v) is 6.97. The topological polar surface area (TPSA) is 69.4 Å². The van der Waals surface area contributed by atoms with Gasteiger partial charge in [-0.05, 0) is 42.2 Å². The first kappa shape index (κ1) is 20.3. The lowest BCUT2D eigenvalue weighted by atomic mass is 9.91. The Labute approximate surface area is 171 Å². The summed E-state index contributed by atoms with van der Waals surface area (Å²) in [5, 5.41) is 0. The molecule has 0 aliphatic heterocycles. The lowest BCUT2D eigenvalue weighted by Crippen LogP contribution is -2.23. The summed E-state index contributed by atoms with van der Waals surface area (Å²) in [5.41, 5.74) is 10.1. The fourth-order valence-electron chi connectivity index (χ4n) is 3.26. The van der Waals surface area contributed by atoms with Gasteiger partial charge < -0.3 is 10.5 Å². The number of hydrogen-bond donors (Lipinski definition) is 1. The molecule has 0 spiro atoms. The van der Waals surface area contributed by atoms with Crippen molar-refractivity contribution in [2.75, 3.05) is 12.3 Å². The van der Waals surface area contributed by atoms with Crippen molar-refractivity contribution in [2.45, 2.75) is 19.8 Å².